The normalized spacial score (nSPS) is 11.7. The third-order valence-electron chi connectivity index (χ3n) is 1.93. The first-order chi connectivity index (χ1) is 5.56. The second kappa shape index (κ2) is 3.19. The molecular formula is C9H14N2O. The van der Waals surface area contributed by atoms with Gasteiger partial charge in [0.05, 0.1) is 5.69 Å². The molecule has 1 rings (SSSR count). The van der Waals surface area contributed by atoms with Gasteiger partial charge in [0, 0.05) is 12.8 Å². The summed E-state index contributed by atoms with van der Waals surface area (Å²) < 4.78 is 5.29. The Morgan fingerprint density at radius 2 is 2.00 bits per heavy atom. The summed E-state index contributed by atoms with van der Waals surface area (Å²) in [7, 11) is 1.68. The summed E-state index contributed by atoms with van der Waals surface area (Å²) in [6.45, 7) is 5.90. The fraction of sp³-hybridized carbons (Fsp3) is 0.556. The molecule has 12 heavy (non-hydrogen) atoms. The maximum atomic E-state index is 5.29. The van der Waals surface area contributed by atoms with Crippen molar-refractivity contribution in [3.05, 3.63) is 23.8 Å². The van der Waals surface area contributed by atoms with E-state index in [1.54, 1.807) is 13.4 Å². The lowest BCUT2D eigenvalue weighted by Gasteiger charge is -2.21. The molecule has 0 saturated carbocycles. The molecular weight excluding hydrogens is 152 g/mol. The maximum absolute atomic E-state index is 5.29. The molecule has 1 aromatic heterocycles. The molecule has 0 fully saturated rings. The third kappa shape index (κ3) is 1.80. The van der Waals surface area contributed by atoms with E-state index in [0.29, 0.717) is 0 Å². The summed E-state index contributed by atoms with van der Waals surface area (Å²) in [4.78, 5) is 8.17. The first kappa shape index (κ1) is 9.13. The van der Waals surface area contributed by atoms with Crippen molar-refractivity contribution in [2.45, 2.75) is 26.4 Å². The molecule has 0 aliphatic carbocycles. The van der Waals surface area contributed by atoms with Gasteiger partial charge in [0.15, 0.2) is 0 Å². The lowest BCUT2D eigenvalue weighted by Crippen LogP contribution is -2.21. The summed E-state index contributed by atoms with van der Waals surface area (Å²) in [6, 6.07) is 1.93. The van der Waals surface area contributed by atoms with Gasteiger partial charge in [-0.15, -0.1) is 0 Å². The Kier molecular flexibility index (Phi) is 2.43. The highest BCUT2D eigenvalue weighted by molar-refractivity contribution is 5.12. The Balaban J connectivity index is 3.03. The van der Waals surface area contributed by atoms with Crippen molar-refractivity contribution in [1.82, 2.24) is 9.97 Å². The second-order valence-electron chi connectivity index (χ2n) is 3.26. The molecule has 0 spiro atoms. The molecule has 0 aromatic carbocycles. The highest BCUT2D eigenvalue weighted by Crippen LogP contribution is 2.20. The van der Waals surface area contributed by atoms with E-state index in [-0.39, 0.29) is 5.60 Å². The van der Waals surface area contributed by atoms with Crippen LogP contribution in [0.4, 0.5) is 0 Å². The molecule has 0 unspecified atom stereocenters. The molecule has 0 radical (unpaired) electrons. The summed E-state index contributed by atoms with van der Waals surface area (Å²) in [5, 5.41) is 0. The first-order valence-electron chi connectivity index (χ1n) is 3.90. The van der Waals surface area contributed by atoms with E-state index < -0.39 is 0 Å². The van der Waals surface area contributed by atoms with Crippen molar-refractivity contribution in [2.24, 2.45) is 0 Å². The van der Waals surface area contributed by atoms with E-state index in [2.05, 4.69) is 9.97 Å². The minimum absolute atomic E-state index is 0.326. The molecule has 3 nitrogen and oxygen atoms in total. The lowest BCUT2D eigenvalue weighted by atomic mass is 10.0. The Bertz CT molecular complexity index is 271. The van der Waals surface area contributed by atoms with E-state index >= 15 is 0 Å². The number of methoxy groups -OCH3 is 1. The molecule has 0 atom stereocenters. The maximum Gasteiger partial charge on any atom is 0.116 e. The molecule has 66 valence electrons. The number of ether oxygens (including phenoxy) is 1. The standard InChI is InChI=1S/C9H14N2O/c1-7-5-8(11-6-10-7)9(2,3)12-4/h5-6H,1-4H3. The van der Waals surface area contributed by atoms with Gasteiger partial charge in [0.25, 0.3) is 0 Å². The molecule has 0 aliphatic rings. The molecule has 0 amide bonds. The van der Waals surface area contributed by atoms with Crippen molar-refractivity contribution in [3.63, 3.8) is 0 Å². The fourth-order valence-corrected chi connectivity index (χ4v) is 0.888. The van der Waals surface area contributed by atoms with Crippen LogP contribution in [0.2, 0.25) is 0 Å². The molecule has 0 saturated heterocycles. The van der Waals surface area contributed by atoms with E-state index in [1.165, 1.54) is 0 Å². The summed E-state index contributed by atoms with van der Waals surface area (Å²) in [6.07, 6.45) is 1.56. The van der Waals surface area contributed by atoms with Gasteiger partial charge in [0.1, 0.15) is 11.9 Å². The van der Waals surface area contributed by atoms with Crippen molar-refractivity contribution >= 4 is 0 Å². The quantitative estimate of drug-likeness (QED) is 0.670. The van der Waals surface area contributed by atoms with Crippen LogP contribution >= 0.6 is 0 Å². The summed E-state index contributed by atoms with van der Waals surface area (Å²) in [5.74, 6) is 0. The zero-order chi connectivity index (χ0) is 9.19. The Labute approximate surface area is 72.8 Å². The molecule has 1 heterocycles. The molecule has 1 aromatic rings. The van der Waals surface area contributed by atoms with Gasteiger partial charge in [-0.25, -0.2) is 9.97 Å². The highest BCUT2D eigenvalue weighted by Gasteiger charge is 2.20. The van der Waals surface area contributed by atoms with Crippen LogP contribution < -0.4 is 0 Å². The zero-order valence-electron chi connectivity index (χ0n) is 7.96. The largest absolute Gasteiger partial charge is 0.373 e. The van der Waals surface area contributed by atoms with Gasteiger partial charge < -0.3 is 4.74 Å². The lowest BCUT2D eigenvalue weighted by molar-refractivity contribution is 0.0153. The number of hydrogen-bond acceptors (Lipinski definition) is 3. The van der Waals surface area contributed by atoms with E-state index in [4.69, 9.17) is 4.74 Å². The van der Waals surface area contributed by atoms with Gasteiger partial charge in [0.2, 0.25) is 0 Å². The van der Waals surface area contributed by atoms with Gasteiger partial charge in [-0.05, 0) is 26.8 Å². The predicted octanol–water partition coefficient (Wildman–Crippen LogP) is 1.67. The summed E-state index contributed by atoms with van der Waals surface area (Å²) >= 11 is 0. The SMILES string of the molecule is COC(C)(C)c1cc(C)ncn1. The van der Waals surface area contributed by atoms with Crippen LogP contribution in [0.3, 0.4) is 0 Å². The Morgan fingerprint density at radius 1 is 1.33 bits per heavy atom. The summed E-state index contributed by atoms with van der Waals surface area (Å²) in [5.41, 5.74) is 1.55. The zero-order valence-corrected chi connectivity index (χ0v) is 7.96. The third-order valence-corrected chi connectivity index (χ3v) is 1.93. The van der Waals surface area contributed by atoms with Crippen LogP contribution in [0.15, 0.2) is 12.4 Å². The minimum atomic E-state index is -0.326. The predicted molar refractivity (Wildman–Crippen MR) is 46.8 cm³/mol. The molecule has 0 N–H and O–H groups in total. The van der Waals surface area contributed by atoms with Gasteiger partial charge >= 0.3 is 0 Å². The van der Waals surface area contributed by atoms with Crippen LogP contribution in [0.5, 0.6) is 0 Å². The number of hydrogen-bond donors (Lipinski definition) is 0. The van der Waals surface area contributed by atoms with Crippen LogP contribution in [-0.2, 0) is 10.3 Å². The molecule has 0 aliphatic heterocycles. The number of aryl methyl sites for hydroxylation is 1. The number of rotatable bonds is 2. The topological polar surface area (TPSA) is 35.0 Å². The van der Waals surface area contributed by atoms with E-state index in [9.17, 15) is 0 Å². The van der Waals surface area contributed by atoms with Crippen molar-refractivity contribution < 1.29 is 4.74 Å². The van der Waals surface area contributed by atoms with Gasteiger partial charge in [-0.2, -0.15) is 0 Å². The minimum Gasteiger partial charge on any atom is -0.373 e. The average Bonchev–Trinajstić information content (AvgIpc) is 2.05. The van der Waals surface area contributed by atoms with Gasteiger partial charge in [-0.3, -0.25) is 0 Å². The Morgan fingerprint density at radius 3 is 2.50 bits per heavy atom. The monoisotopic (exact) mass is 166 g/mol. The van der Waals surface area contributed by atoms with Gasteiger partial charge in [-0.1, -0.05) is 0 Å². The van der Waals surface area contributed by atoms with Crippen molar-refractivity contribution in [2.75, 3.05) is 7.11 Å². The smallest absolute Gasteiger partial charge is 0.116 e. The Hall–Kier alpha value is -0.960. The molecule has 3 heteroatoms. The number of nitrogens with zero attached hydrogens (tertiary/aromatic N) is 2. The van der Waals surface area contributed by atoms with Crippen molar-refractivity contribution in [1.29, 1.82) is 0 Å². The van der Waals surface area contributed by atoms with Crippen LogP contribution in [0.25, 0.3) is 0 Å². The number of aromatic nitrogens is 2. The molecule has 0 bridgehead atoms. The fourth-order valence-electron chi connectivity index (χ4n) is 0.888. The van der Waals surface area contributed by atoms with Crippen LogP contribution in [-0.4, -0.2) is 17.1 Å². The van der Waals surface area contributed by atoms with E-state index in [0.717, 1.165) is 11.4 Å². The average molecular weight is 166 g/mol. The second-order valence-corrected chi connectivity index (χ2v) is 3.26. The highest BCUT2D eigenvalue weighted by atomic mass is 16.5. The van der Waals surface area contributed by atoms with Crippen LogP contribution in [0, 0.1) is 6.92 Å². The first-order valence-corrected chi connectivity index (χ1v) is 3.90. The van der Waals surface area contributed by atoms with Crippen LogP contribution in [0.1, 0.15) is 25.2 Å². The van der Waals surface area contributed by atoms with E-state index in [1.807, 2.05) is 26.8 Å². The van der Waals surface area contributed by atoms with Crippen molar-refractivity contribution in [3.8, 4) is 0 Å².